The third-order valence-electron chi connectivity index (χ3n) is 14.1. The maximum Gasteiger partial charge on any atom is 0.358 e. The predicted molar refractivity (Wildman–Crippen MR) is 323 cm³/mol. The van der Waals surface area contributed by atoms with Crippen LogP contribution in [0.5, 0.6) is 0 Å². The minimum Gasteiger partial charge on any atom is -0.476 e. The van der Waals surface area contributed by atoms with E-state index in [-0.39, 0.29) is 51.3 Å². The van der Waals surface area contributed by atoms with Crippen LogP contribution in [0.2, 0.25) is 0 Å². The van der Waals surface area contributed by atoms with Gasteiger partial charge in [-0.05, 0) is 88.5 Å². The van der Waals surface area contributed by atoms with E-state index in [1.165, 1.54) is 58.2 Å². The number of nitrogens with one attached hydrogen (secondary N) is 1. The minimum absolute atomic E-state index is 0. The number of amides is 1. The summed E-state index contributed by atoms with van der Waals surface area (Å²) in [6.07, 6.45) is 11.5. The summed E-state index contributed by atoms with van der Waals surface area (Å²) in [5, 5.41) is 29.1. The minimum atomic E-state index is -1.16. The molecule has 0 radical (unpaired) electrons. The van der Waals surface area contributed by atoms with E-state index in [2.05, 4.69) is 131 Å². The van der Waals surface area contributed by atoms with E-state index in [4.69, 9.17) is 69.7 Å². The number of hydrogen-bond acceptors (Lipinski definition) is 15. The SMILES string of the molecule is Cc1ccc(C2(C#N)CCOCC2)cc1.Cc1ccc(C2(CN)CCOCC2)cc1.Cc1ccc(C2(CNC(=O)c3nccnc3N)CCOCC2)cc1.Cc1ccc(CC#N)cc1.ClCCOCCCl.F.Nc1nccnc1C(=O)O.[3HH]. The van der Waals surface area contributed by atoms with Gasteiger partial charge in [-0.2, -0.15) is 10.5 Å². The van der Waals surface area contributed by atoms with Crippen LogP contribution in [0.15, 0.2) is 122 Å². The lowest BCUT2D eigenvalue weighted by Crippen LogP contribution is -2.44. The Bertz CT molecular complexity index is 2880. The van der Waals surface area contributed by atoms with Gasteiger partial charge in [-0.15, -0.1) is 23.2 Å². The van der Waals surface area contributed by atoms with Gasteiger partial charge in [0.05, 0.1) is 37.2 Å². The van der Waals surface area contributed by atoms with Gasteiger partial charge in [-0.25, -0.2) is 24.7 Å². The second-order valence-electron chi connectivity index (χ2n) is 19.8. The van der Waals surface area contributed by atoms with Crippen LogP contribution in [0.1, 0.15) is 105 Å². The lowest BCUT2D eigenvalue weighted by molar-refractivity contribution is 0.0486. The molecule has 6 aromatic rings. The van der Waals surface area contributed by atoms with Crippen LogP contribution in [0.3, 0.4) is 0 Å². The molecule has 0 aliphatic carbocycles. The fourth-order valence-electron chi connectivity index (χ4n) is 8.95. The summed E-state index contributed by atoms with van der Waals surface area (Å²) >= 11 is 10.5. The molecular weight excluding hydrogens is 1090 g/mol. The molecule has 9 rings (SSSR count). The Morgan fingerprint density at radius 3 is 1.37 bits per heavy atom. The number of nitrogens with two attached hydrogens (primary N) is 3. The van der Waals surface area contributed by atoms with Gasteiger partial charge in [-0.1, -0.05) is 119 Å². The number of nitrogens with zero attached hydrogens (tertiary/aromatic N) is 6. The average molecular weight is 1170 g/mol. The first-order chi connectivity index (χ1) is 39.1. The van der Waals surface area contributed by atoms with Gasteiger partial charge < -0.3 is 46.6 Å². The molecule has 0 atom stereocenters. The zero-order chi connectivity index (χ0) is 58.9. The van der Waals surface area contributed by atoms with E-state index in [9.17, 15) is 14.9 Å². The Morgan fingerprint density at radius 2 is 0.988 bits per heavy atom. The molecule has 0 spiro atoms. The van der Waals surface area contributed by atoms with Gasteiger partial charge >= 0.3 is 5.97 Å². The molecule has 442 valence electrons. The van der Waals surface area contributed by atoms with Crippen molar-refractivity contribution in [3.63, 3.8) is 0 Å². The smallest absolute Gasteiger partial charge is 0.358 e. The molecule has 20 heteroatoms. The number of carboxylic acid groups (broad SMARTS) is 1. The number of ether oxygens (including phenoxy) is 4. The first kappa shape index (κ1) is 69.1. The Labute approximate surface area is 493 Å². The van der Waals surface area contributed by atoms with Crippen LogP contribution < -0.4 is 22.5 Å². The van der Waals surface area contributed by atoms with E-state index in [0.717, 1.165) is 69.4 Å². The number of aryl methyl sites for hydroxylation is 4. The third kappa shape index (κ3) is 22.3. The molecule has 5 heterocycles. The van der Waals surface area contributed by atoms with Crippen molar-refractivity contribution in [1.29, 1.82) is 10.5 Å². The Kier molecular flexibility index (Phi) is 31.3. The number of benzene rings is 4. The quantitative estimate of drug-likeness (QED) is 0.0531. The number of carboxylic acids is 1. The first-order valence-electron chi connectivity index (χ1n) is 26.9. The molecular formula is C62H81Cl2FN10O7. The summed E-state index contributed by atoms with van der Waals surface area (Å²) < 4.78 is 21.1. The van der Waals surface area contributed by atoms with Crippen LogP contribution in [-0.2, 0) is 41.6 Å². The number of halogens is 3. The van der Waals surface area contributed by atoms with Crippen molar-refractivity contribution in [1.82, 2.24) is 25.3 Å². The molecule has 17 nitrogen and oxygen atoms in total. The molecule has 3 aliphatic heterocycles. The number of hydrogen-bond donors (Lipinski definition) is 5. The molecule has 3 saturated heterocycles. The van der Waals surface area contributed by atoms with Crippen molar-refractivity contribution in [3.8, 4) is 12.1 Å². The number of carbonyl (C=O) groups excluding carboxylic acids is 1. The molecule has 1 amide bonds. The second-order valence-corrected chi connectivity index (χ2v) is 20.5. The van der Waals surface area contributed by atoms with Crippen molar-refractivity contribution < 1.29 is 39.8 Å². The van der Waals surface area contributed by atoms with Crippen molar-refractivity contribution >= 4 is 46.7 Å². The Hall–Kier alpha value is -7.13. The number of nitrogen functional groups attached to an aromatic ring is 2. The van der Waals surface area contributed by atoms with Crippen molar-refractivity contribution in [2.24, 2.45) is 5.73 Å². The molecule has 0 saturated carbocycles. The zero-order valence-corrected chi connectivity index (χ0v) is 49.0. The number of nitriles is 2. The fraction of sp³-hybridized carbons (Fsp3) is 0.419. The van der Waals surface area contributed by atoms with Crippen LogP contribution in [0.25, 0.3) is 0 Å². The number of aromatic carboxylic acids is 1. The average Bonchev–Trinajstić information content (AvgIpc) is 3.62. The highest BCUT2D eigenvalue weighted by Gasteiger charge is 2.36. The number of rotatable bonds is 13. The van der Waals surface area contributed by atoms with Crippen molar-refractivity contribution in [3.05, 3.63) is 178 Å². The van der Waals surface area contributed by atoms with Gasteiger partial charge in [0.15, 0.2) is 23.0 Å². The molecule has 8 N–H and O–H groups in total. The van der Waals surface area contributed by atoms with Gasteiger partial charge in [0.25, 0.3) is 5.91 Å². The highest BCUT2D eigenvalue weighted by atomic mass is 35.5. The van der Waals surface area contributed by atoms with E-state index in [0.29, 0.717) is 64.4 Å². The molecule has 82 heavy (non-hydrogen) atoms. The first-order valence-corrected chi connectivity index (χ1v) is 28.0. The van der Waals surface area contributed by atoms with E-state index >= 15 is 0 Å². The number of anilines is 2. The zero-order valence-electron chi connectivity index (χ0n) is 47.5. The van der Waals surface area contributed by atoms with Crippen molar-refractivity contribution in [2.45, 2.75) is 88.9 Å². The number of aromatic nitrogens is 4. The molecule has 0 bridgehead atoms. The maximum atomic E-state index is 12.4. The number of alkyl halides is 2. The van der Waals surface area contributed by atoms with Crippen LogP contribution in [0.4, 0.5) is 16.3 Å². The molecule has 4 aromatic carbocycles. The summed E-state index contributed by atoms with van der Waals surface area (Å²) in [6, 6.07) is 38.1. The standard InChI is InChI=1S/C18H22N4O2.C13H19NO.C13H15NO.C9H9N.C5H5N3O2.C4H8Cl2O.FH.H2/c1-13-2-4-14(5-3-13)18(6-10-24-11-7-18)12-22-17(23)15-16(19)21-9-8-20-15;2*1-11-2-4-12(5-3-11)13(10-14)6-8-15-9-7-13;1-8-2-4-9(5-3-8)6-7-10;6-4-3(5(9)10)7-1-2-8-4;5-1-3-7-4-2-6;;/h2-5,8-9H,6-7,10-12H2,1H3,(H2,19,21)(H,22,23);2-5H,6-10,14H2,1H3;2-5H,6-9H2,1H3;2-5H,6H2,1H3;1-2H,(H2,6,8)(H,9,10);1-4H2;2*1H/i;;;;;;;1+2. The van der Waals surface area contributed by atoms with Gasteiger partial charge in [-0.3, -0.25) is 9.50 Å². The summed E-state index contributed by atoms with van der Waals surface area (Å²) in [5.74, 6) is -0.265. The summed E-state index contributed by atoms with van der Waals surface area (Å²) in [7, 11) is 0. The fourth-order valence-corrected chi connectivity index (χ4v) is 9.17. The van der Waals surface area contributed by atoms with E-state index in [1.807, 2.05) is 31.2 Å². The van der Waals surface area contributed by atoms with Gasteiger partial charge in [0.1, 0.15) is 0 Å². The summed E-state index contributed by atoms with van der Waals surface area (Å²) in [5.41, 5.74) is 26.4. The van der Waals surface area contributed by atoms with E-state index in [1.54, 1.807) is 0 Å². The molecule has 3 aliphatic rings. The largest absolute Gasteiger partial charge is 0.476 e. The molecule has 3 fully saturated rings. The molecule has 0 unspecified atom stereocenters. The highest BCUT2D eigenvalue weighted by molar-refractivity contribution is 6.18. The van der Waals surface area contributed by atoms with Gasteiger partial charge in [0.2, 0.25) is 0 Å². The lowest BCUT2D eigenvalue weighted by atomic mass is 9.74. The van der Waals surface area contributed by atoms with Gasteiger partial charge in [0, 0.05) is 102 Å². The molecule has 2 aromatic heterocycles. The maximum absolute atomic E-state index is 12.4. The monoisotopic (exact) mass is 1170 g/mol. The third-order valence-corrected chi connectivity index (χ3v) is 14.4. The Morgan fingerprint density at radius 1 is 0.610 bits per heavy atom. The topological polar surface area (TPSA) is 281 Å². The summed E-state index contributed by atoms with van der Waals surface area (Å²) in [6.45, 7) is 15.2. The highest BCUT2D eigenvalue weighted by Crippen LogP contribution is 2.36. The second kappa shape index (κ2) is 37.1. The van der Waals surface area contributed by atoms with Crippen LogP contribution in [-0.4, -0.2) is 115 Å². The van der Waals surface area contributed by atoms with Crippen LogP contribution in [0, 0.1) is 50.4 Å². The normalized spacial score (nSPS) is 15.1. The van der Waals surface area contributed by atoms with E-state index < -0.39 is 5.97 Å². The van der Waals surface area contributed by atoms with Crippen LogP contribution >= 0.6 is 23.2 Å². The predicted octanol–water partition coefficient (Wildman–Crippen LogP) is 10.1. The Balaban J connectivity index is 0.000000354. The number of carbonyl (C=O) groups is 2. The van der Waals surface area contributed by atoms with Crippen molar-refractivity contribution in [2.75, 3.05) is 89.2 Å². The summed E-state index contributed by atoms with van der Waals surface area (Å²) in [4.78, 5) is 37.6. The lowest BCUT2D eigenvalue weighted by Gasteiger charge is -2.38.